The summed E-state index contributed by atoms with van der Waals surface area (Å²) in [4.78, 5) is 0. The number of nitrogens with two attached hydrogens (primary N) is 1. The van der Waals surface area contributed by atoms with Crippen LogP contribution in [0, 0.1) is 0 Å². The molecule has 1 aromatic heterocycles. The van der Waals surface area contributed by atoms with Crippen LogP contribution < -0.4 is 5.73 Å². The first-order chi connectivity index (χ1) is 6.59. The lowest BCUT2D eigenvalue weighted by Crippen LogP contribution is -1.92. The Bertz CT molecular complexity index is 476. The van der Waals surface area contributed by atoms with Gasteiger partial charge < -0.3 is 5.73 Å². The van der Waals surface area contributed by atoms with Crippen LogP contribution >= 0.6 is 0 Å². The number of nitrogens with zero attached hydrogens (tertiary/aromatic N) is 2. The summed E-state index contributed by atoms with van der Waals surface area (Å²) >= 11 is 0. The van der Waals surface area contributed by atoms with Crippen LogP contribution in [-0.2, 0) is 7.05 Å². The van der Waals surface area contributed by atoms with Crippen LogP contribution in [0.5, 0.6) is 0 Å². The molecule has 0 spiro atoms. The number of anilines is 1. The van der Waals surface area contributed by atoms with Gasteiger partial charge in [0.2, 0.25) is 0 Å². The minimum atomic E-state index is -2.55. The lowest BCUT2D eigenvalue weighted by atomic mass is 10.2. The molecule has 2 rings (SSSR count). The van der Waals surface area contributed by atoms with Crippen molar-refractivity contribution in [1.82, 2.24) is 9.78 Å². The van der Waals surface area contributed by atoms with Crippen LogP contribution in [0.4, 0.5) is 14.5 Å². The Morgan fingerprint density at radius 3 is 2.79 bits per heavy atom. The van der Waals surface area contributed by atoms with Crippen molar-refractivity contribution in [2.45, 2.75) is 6.43 Å². The number of aryl methyl sites for hydroxylation is 1. The molecule has 0 amide bonds. The first-order valence-electron chi connectivity index (χ1n) is 4.10. The first kappa shape index (κ1) is 8.93. The second-order valence-corrected chi connectivity index (χ2v) is 3.09. The standard InChI is InChI=1S/C9H9F2N3/c1-14-7-4-5(12)2-3-6(7)8(13-14)9(10)11/h2-4,9H,12H2,1H3. The third kappa shape index (κ3) is 1.21. The van der Waals surface area contributed by atoms with E-state index >= 15 is 0 Å². The minimum absolute atomic E-state index is 0.192. The van der Waals surface area contributed by atoms with E-state index in [1.807, 2.05) is 0 Å². The van der Waals surface area contributed by atoms with Crippen LogP contribution in [0.2, 0.25) is 0 Å². The molecule has 14 heavy (non-hydrogen) atoms. The van der Waals surface area contributed by atoms with Crippen molar-refractivity contribution in [2.75, 3.05) is 5.73 Å². The summed E-state index contributed by atoms with van der Waals surface area (Å²) in [6, 6.07) is 4.79. The maximum atomic E-state index is 12.5. The fraction of sp³-hybridized carbons (Fsp3) is 0.222. The highest BCUT2D eigenvalue weighted by Crippen LogP contribution is 2.27. The van der Waals surface area contributed by atoms with E-state index in [0.29, 0.717) is 16.6 Å². The van der Waals surface area contributed by atoms with Gasteiger partial charge in [-0.05, 0) is 18.2 Å². The summed E-state index contributed by atoms with van der Waals surface area (Å²) in [7, 11) is 1.62. The Balaban J connectivity index is 2.77. The van der Waals surface area contributed by atoms with Crippen molar-refractivity contribution in [3.05, 3.63) is 23.9 Å². The van der Waals surface area contributed by atoms with Crippen molar-refractivity contribution in [3.63, 3.8) is 0 Å². The Morgan fingerprint density at radius 1 is 1.43 bits per heavy atom. The average Bonchev–Trinajstić information content (AvgIpc) is 2.44. The maximum Gasteiger partial charge on any atom is 0.282 e. The summed E-state index contributed by atoms with van der Waals surface area (Å²) < 4.78 is 26.4. The molecule has 0 unspecified atom stereocenters. The predicted octanol–water partition coefficient (Wildman–Crippen LogP) is 2.09. The molecular weight excluding hydrogens is 188 g/mol. The summed E-state index contributed by atoms with van der Waals surface area (Å²) in [5, 5.41) is 4.20. The number of fused-ring (bicyclic) bond motifs is 1. The van der Waals surface area contributed by atoms with Crippen LogP contribution in [-0.4, -0.2) is 9.78 Å². The lowest BCUT2D eigenvalue weighted by Gasteiger charge is -1.95. The molecule has 5 heteroatoms. The largest absolute Gasteiger partial charge is 0.399 e. The van der Waals surface area contributed by atoms with Gasteiger partial charge in [0.1, 0.15) is 5.69 Å². The van der Waals surface area contributed by atoms with E-state index in [-0.39, 0.29) is 5.69 Å². The molecule has 1 heterocycles. The van der Waals surface area contributed by atoms with Gasteiger partial charge in [-0.25, -0.2) is 8.78 Å². The van der Waals surface area contributed by atoms with E-state index in [4.69, 9.17) is 5.73 Å². The zero-order valence-corrected chi connectivity index (χ0v) is 7.54. The molecule has 74 valence electrons. The van der Waals surface area contributed by atoms with Crippen LogP contribution in [0.3, 0.4) is 0 Å². The van der Waals surface area contributed by atoms with Gasteiger partial charge in [0.15, 0.2) is 0 Å². The molecule has 0 aliphatic rings. The Labute approximate surface area is 79.1 Å². The number of aromatic nitrogens is 2. The quantitative estimate of drug-likeness (QED) is 0.711. The highest BCUT2D eigenvalue weighted by atomic mass is 19.3. The molecule has 0 atom stereocenters. The summed E-state index contributed by atoms with van der Waals surface area (Å²) in [5.74, 6) is 0. The third-order valence-corrected chi connectivity index (χ3v) is 2.11. The van der Waals surface area contributed by atoms with Gasteiger partial charge >= 0.3 is 0 Å². The Kier molecular flexibility index (Phi) is 1.87. The number of alkyl halides is 2. The fourth-order valence-electron chi connectivity index (χ4n) is 1.46. The molecule has 0 fully saturated rings. The molecule has 2 aromatic rings. The van der Waals surface area contributed by atoms with E-state index in [9.17, 15) is 8.78 Å². The number of halogens is 2. The number of hydrogen-bond acceptors (Lipinski definition) is 2. The average molecular weight is 197 g/mol. The summed E-state index contributed by atoms with van der Waals surface area (Å²) in [6.45, 7) is 0. The van der Waals surface area contributed by atoms with Crippen molar-refractivity contribution in [2.24, 2.45) is 7.05 Å². The highest BCUT2D eigenvalue weighted by Gasteiger charge is 2.16. The SMILES string of the molecule is Cn1nc(C(F)F)c2ccc(N)cc21. The number of nitrogen functional groups attached to an aromatic ring is 1. The molecule has 0 bridgehead atoms. The number of hydrogen-bond donors (Lipinski definition) is 1. The van der Waals surface area contributed by atoms with Gasteiger partial charge in [0, 0.05) is 18.1 Å². The van der Waals surface area contributed by atoms with Crippen molar-refractivity contribution >= 4 is 16.6 Å². The highest BCUT2D eigenvalue weighted by molar-refractivity contribution is 5.84. The van der Waals surface area contributed by atoms with Gasteiger partial charge in [-0.1, -0.05) is 0 Å². The monoisotopic (exact) mass is 197 g/mol. The normalized spacial score (nSPS) is 11.4. The second kappa shape index (κ2) is 2.94. The van der Waals surface area contributed by atoms with Crippen molar-refractivity contribution < 1.29 is 8.78 Å². The van der Waals surface area contributed by atoms with E-state index in [2.05, 4.69) is 5.10 Å². The zero-order chi connectivity index (χ0) is 10.3. The van der Waals surface area contributed by atoms with E-state index in [1.54, 1.807) is 25.2 Å². The zero-order valence-electron chi connectivity index (χ0n) is 7.54. The van der Waals surface area contributed by atoms with Gasteiger partial charge in [-0.3, -0.25) is 4.68 Å². The van der Waals surface area contributed by atoms with Gasteiger partial charge in [-0.15, -0.1) is 0 Å². The fourth-order valence-corrected chi connectivity index (χ4v) is 1.46. The van der Waals surface area contributed by atoms with E-state index in [1.165, 1.54) is 4.68 Å². The predicted molar refractivity (Wildman–Crippen MR) is 50.1 cm³/mol. The van der Waals surface area contributed by atoms with E-state index in [0.717, 1.165) is 0 Å². The molecule has 1 aromatic carbocycles. The van der Waals surface area contributed by atoms with Gasteiger partial charge in [-0.2, -0.15) is 5.10 Å². The lowest BCUT2D eigenvalue weighted by molar-refractivity contribution is 0.147. The molecule has 3 nitrogen and oxygen atoms in total. The summed E-state index contributed by atoms with van der Waals surface area (Å²) in [5.41, 5.74) is 6.53. The molecule has 0 saturated carbocycles. The van der Waals surface area contributed by atoms with E-state index < -0.39 is 6.43 Å². The van der Waals surface area contributed by atoms with Crippen LogP contribution in [0.15, 0.2) is 18.2 Å². The smallest absolute Gasteiger partial charge is 0.282 e. The first-order valence-corrected chi connectivity index (χ1v) is 4.10. The van der Waals surface area contributed by atoms with Crippen LogP contribution in [0.25, 0.3) is 10.9 Å². The Hall–Kier alpha value is -1.65. The van der Waals surface area contributed by atoms with Gasteiger partial charge in [0.05, 0.1) is 5.52 Å². The number of rotatable bonds is 1. The van der Waals surface area contributed by atoms with Crippen molar-refractivity contribution in [1.29, 1.82) is 0 Å². The number of benzene rings is 1. The molecule has 0 aliphatic heterocycles. The molecule has 2 N–H and O–H groups in total. The molecular formula is C9H9F2N3. The topological polar surface area (TPSA) is 43.8 Å². The summed E-state index contributed by atoms with van der Waals surface area (Å²) in [6.07, 6.45) is -2.55. The third-order valence-electron chi connectivity index (χ3n) is 2.11. The second-order valence-electron chi connectivity index (χ2n) is 3.09. The minimum Gasteiger partial charge on any atom is -0.399 e. The molecule has 0 aliphatic carbocycles. The maximum absolute atomic E-state index is 12.5. The Morgan fingerprint density at radius 2 is 2.14 bits per heavy atom. The van der Waals surface area contributed by atoms with Crippen LogP contribution in [0.1, 0.15) is 12.1 Å². The molecule has 0 radical (unpaired) electrons. The van der Waals surface area contributed by atoms with Crippen molar-refractivity contribution in [3.8, 4) is 0 Å². The molecule has 0 saturated heterocycles. The van der Waals surface area contributed by atoms with Gasteiger partial charge in [0.25, 0.3) is 6.43 Å².